The second-order valence-corrected chi connectivity index (χ2v) is 13.9. The highest BCUT2D eigenvalue weighted by Crippen LogP contribution is 2.24. The zero-order chi connectivity index (χ0) is 34.2. The van der Waals surface area contributed by atoms with Gasteiger partial charge in [-0.3, -0.25) is 4.79 Å². The Balaban J connectivity index is 2.59. The Morgan fingerprint density at radius 1 is 0.739 bits per heavy atom. The molecule has 9 nitrogen and oxygen atoms in total. The molecule has 1 rings (SSSR count). The molecule has 0 radical (unpaired) electrons. The highest BCUT2D eigenvalue weighted by Gasteiger charge is 2.44. The number of hydrogen-bond acceptors (Lipinski definition) is 9. The molecule has 1 fully saturated rings. The molecule has 0 saturated carbocycles. The number of rotatable bonds is 29. The summed E-state index contributed by atoms with van der Waals surface area (Å²) in [5, 5.41) is 61.7. The fourth-order valence-corrected chi connectivity index (χ4v) is 6.04. The highest BCUT2D eigenvalue weighted by molar-refractivity contribution is 5.86. The lowest BCUT2D eigenvalue weighted by atomic mass is 9.91. The van der Waals surface area contributed by atoms with Crippen molar-refractivity contribution in [2.75, 3.05) is 13.2 Å². The van der Waals surface area contributed by atoms with Gasteiger partial charge in [0.15, 0.2) is 12.1 Å². The lowest BCUT2D eigenvalue weighted by Crippen LogP contribution is -2.59. The summed E-state index contributed by atoms with van der Waals surface area (Å²) in [7, 11) is 0. The molecule has 0 aromatic carbocycles. The van der Waals surface area contributed by atoms with Gasteiger partial charge in [-0.25, -0.2) is 0 Å². The van der Waals surface area contributed by atoms with Crippen molar-refractivity contribution in [2.45, 2.75) is 192 Å². The van der Waals surface area contributed by atoms with Gasteiger partial charge in [-0.1, -0.05) is 142 Å². The minimum Gasteiger partial charge on any atom is -0.394 e. The Morgan fingerprint density at radius 3 is 1.80 bits per heavy atom. The molecular weight excluding hydrogens is 588 g/mol. The molecule has 1 aliphatic heterocycles. The van der Waals surface area contributed by atoms with Gasteiger partial charge in [0.25, 0.3) is 0 Å². The molecular formula is C37H70O9. The standard InChI is InChI=1S/C37H70O9/c1-4-5-6-7-8-9-10-11-16-19-22-25-31(40)33(41)29(27-45-37-36(44)35(43)34(42)32(26-38)46-37)30(39)24-21-18-15-13-12-14-17-20-23-28(2)3/h21,24,28-32,34-40,42-44H,4-20,22-23,25-27H2,1-3H3/b24-21+/t29-,30+,31+,32+,34-,35-,36+,37+/m0/s1. The Hall–Kier alpha value is -0.910. The number of carbonyl (C=O) groups excluding carboxylic acids is 1. The zero-order valence-electron chi connectivity index (χ0n) is 29.3. The lowest BCUT2D eigenvalue weighted by Gasteiger charge is -2.40. The predicted octanol–water partition coefficient (Wildman–Crippen LogP) is 5.74. The molecule has 1 aliphatic rings. The first kappa shape index (κ1) is 43.1. The van der Waals surface area contributed by atoms with Crippen molar-refractivity contribution in [3.8, 4) is 0 Å². The number of allylic oxidation sites excluding steroid dienone is 1. The van der Waals surface area contributed by atoms with E-state index in [1.807, 2.05) is 6.08 Å². The third-order valence-electron chi connectivity index (χ3n) is 9.21. The monoisotopic (exact) mass is 659 g/mol. The summed E-state index contributed by atoms with van der Waals surface area (Å²) in [6.07, 6.45) is 15.7. The molecule has 8 atom stereocenters. The van der Waals surface area contributed by atoms with Crippen LogP contribution in [0.2, 0.25) is 0 Å². The van der Waals surface area contributed by atoms with Gasteiger partial charge in [0.2, 0.25) is 0 Å². The van der Waals surface area contributed by atoms with E-state index >= 15 is 0 Å². The molecule has 0 aromatic heterocycles. The van der Waals surface area contributed by atoms with Crippen molar-refractivity contribution in [2.24, 2.45) is 11.8 Å². The smallest absolute Gasteiger partial charge is 0.186 e. The van der Waals surface area contributed by atoms with Crippen molar-refractivity contribution in [1.82, 2.24) is 0 Å². The molecule has 0 aliphatic carbocycles. The van der Waals surface area contributed by atoms with E-state index in [0.29, 0.717) is 12.8 Å². The number of unbranched alkanes of at least 4 members (excludes halogenated alkanes) is 16. The minimum atomic E-state index is -1.62. The van der Waals surface area contributed by atoms with E-state index in [0.717, 1.165) is 44.4 Å². The largest absolute Gasteiger partial charge is 0.394 e. The van der Waals surface area contributed by atoms with E-state index in [9.17, 15) is 35.4 Å². The third kappa shape index (κ3) is 18.6. The summed E-state index contributed by atoms with van der Waals surface area (Å²) in [5.41, 5.74) is 0. The zero-order valence-corrected chi connectivity index (χ0v) is 29.3. The van der Waals surface area contributed by atoms with Gasteiger partial charge in [0, 0.05) is 0 Å². The molecule has 0 amide bonds. The van der Waals surface area contributed by atoms with Crippen LogP contribution in [0.1, 0.15) is 149 Å². The van der Waals surface area contributed by atoms with Crippen LogP contribution in [0.4, 0.5) is 0 Å². The van der Waals surface area contributed by atoms with E-state index < -0.39 is 61.2 Å². The molecule has 0 unspecified atom stereocenters. The highest BCUT2D eigenvalue weighted by atomic mass is 16.7. The van der Waals surface area contributed by atoms with Crippen LogP contribution in [0.25, 0.3) is 0 Å². The molecule has 0 spiro atoms. The summed E-state index contributed by atoms with van der Waals surface area (Å²) in [5.74, 6) is -0.914. The summed E-state index contributed by atoms with van der Waals surface area (Å²) in [6, 6.07) is 0. The summed E-state index contributed by atoms with van der Waals surface area (Å²) in [4.78, 5) is 13.3. The first-order chi connectivity index (χ1) is 22.1. The summed E-state index contributed by atoms with van der Waals surface area (Å²) < 4.78 is 11.0. The number of aliphatic hydroxyl groups excluding tert-OH is 6. The van der Waals surface area contributed by atoms with Crippen LogP contribution in [-0.4, -0.2) is 92.5 Å². The number of aliphatic hydroxyl groups is 6. The first-order valence-corrected chi connectivity index (χ1v) is 18.6. The van der Waals surface area contributed by atoms with Gasteiger partial charge >= 0.3 is 0 Å². The average molecular weight is 659 g/mol. The van der Waals surface area contributed by atoms with Gasteiger partial charge in [-0.15, -0.1) is 0 Å². The van der Waals surface area contributed by atoms with Crippen molar-refractivity contribution >= 4 is 5.78 Å². The van der Waals surface area contributed by atoms with Crippen molar-refractivity contribution in [3.05, 3.63) is 12.2 Å². The van der Waals surface area contributed by atoms with Gasteiger partial charge < -0.3 is 40.1 Å². The lowest BCUT2D eigenvalue weighted by molar-refractivity contribution is -0.303. The Morgan fingerprint density at radius 2 is 1.26 bits per heavy atom. The van der Waals surface area contributed by atoms with Crippen molar-refractivity contribution < 1.29 is 44.9 Å². The van der Waals surface area contributed by atoms with E-state index in [1.54, 1.807) is 6.08 Å². The molecule has 1 heterocycles. The summed E-state index contributed by atoms with van der Waals surface area (Å²) in [6.45, 7) is 5.75. The molecule has 1 saturated heterocycles. The van der Waals surface area contributed by atoms with Crippen LogP contribution in [-0.2, 0) is 14.3 Å². The maximum Gasteiger partial charge on any atom is 0.186 e. The Labute approximate surface area is 279 Å². The number of Topliss-reactive ketones (excluding diaryl/α,β-unsaturated/α-hetero) is 1. The maximum absolute atomic E-state index is 13.3. The van der Waals surface area contributed by atoms with Crippen LogP contribution in [0, 0.1) is 11.8 Å². The molecule has 0 aromatic rings. The van der Waals surface area contributed by atoms with Crippen LogP contribution in [0.15, 0.2) is 12.2 Å². The number of hydrogen-bond donors (Lipinski definition) is 6. The predicted molar refractivity (Wildman–Crippen MR) is 182 cm³/mol. The molecule has 0 bridgehead atoms. The average Bonchev–Trinajstić information content (AvgIpc) is 3.03. The Kier molecular flexibility index (Phi) is 25.3. The summed E-state index contributed by atoms with van der Waals surface area (Å²) >= 11 is 0. The quantitative estimate of drug-likeness (QED) is 0.0435. The van der Waals surface area contributed by atoms with Gasteiger partial charge in [-0.2, -0.15) is 0 Å². The maximum atomic E-state index is 13.3. The first-order valence-electron chi connectivity index (χ1n) is 18.6. The normalized spacial score (nSPS) is 24.1. The fraction of sp³-hybridized carbons (Fsp3) is 0.919. The van der Waals surface area contributed by atoms with Crippen LogP contribution in [0.3, 0.4) is 0 Å². The SMILES string of the molecule is CCCCCCCCCCCCC[C@@H](O)C(=O)[C@@H](CO[C@@H]1O[C@H](CO)[C@H](O)[C@H](O)[C@H]1O)[C@H](O)/C=C/CCCCCCCCC(C)C. The van der Waals surface area contributed by atoms with Gasteiger partial charge in [0.1, 0.15) is 30.5 Å². The van der Waals surface area contributed by atoms with Crippen molar-refractivity contribution in [3.63, 3.8) is 0 Å². The number of carbonyl (C=O) groups is 1. The minimum absolute atomic E-state index is 0.292. The topological polar surface area (TPSA) is 157 Å². The van der Waals surface area contributed by atoms with E-state index in [1.165, 1.54) is 77.0 Å². The van der Waals surface area contributed by atoms with Gasteiger partial charge in [0.05, 0.1) is 25.2 Å². The molecule has 6 N–H and O–H groups in total. The van der Waals surface area contributed by atoms with Crippen molar-refractivity contribution in [1.29, 1.82) is 0 Å². The van der Waals surface area contributed by atoms with E-state index in [4.69, 9.17) is 9.47 Å². The van der Waals surface area contributed by atoms with Crippen LogP contribution < -0.4 is 0 Å². The van der Waals surface area contributed by atoms with E-state index in [2.05, 4.69) is 20.8 Å². The van der Waals surface area contributed by atoms with Crippen LogP contribution in [0.5, 0.6) is 0 Å². The van der Waals surface area contributed by atoms with Gasteiger partial charge in [-0.05, 0) is 25.2 Å². The second-order valence-electron chi connectivity index (χ2n) is 13.9. The Bertz CT molecular complexity index is 759. The number of ether oxygens (including phenoxy) is 2. The second kappa shape index (κ2) is 27.0. The van der Waals surface area contributed by atoms with Crippen LogP contribution >= 0.6 is 0 Å². The molecule has 9 heteroatoms. The third-order valence-corrected chi connectivity index (χ3v) is 9.21. The molecule has 46 heavy (non-hydrogen) atoms. The number of ketones is 1. The fourth-order valence-electron chi connectivity index (χ4n) is 6.04. The van der Waals surface area contributed by atoms with E-state index in [-0.39, 0.29) is 6.61 Å². The molecule has 272 valence electrons.